The second kappa shape index (κ2) is 6.76. The van der Waals surface area contributed by atoms with Gasteiger partial charge in [-0.15, -0.1) is 0 Å². The van der Waals surface area contributed by atoms with Crippen LogP contribution in [0.15, 0.2) is 0 Å². The Morgan fingerprint density at radius 2 is 1.22 bits per heavy atom. The van der Waals surface area contributed by atoms with Crippen LogP contribution in [-0.2, 0) is 9.59 Å². The highest BCUT2D eigenvalue weighted by atomic mass is 16.2. The van der Waals surface area contributed by atoms with Gasteiger partial charge in [-0.3, -0.25) is 9.59 Å². The van der Waals surface area contributed by atoms with Gasteiger partial charge in [0.05, 0.1) is 0 Å². The van der Waals surface area contributed by atoms with Crippen molar-refractivity contribution in [1.29, 1.82) is 0 Å². The maximum Gasteiger partial charge on any atom is 0.220 e. The number of rotatable bonds is 5. The summed E-state index contributed by atoms with van der Waals surface area (Å²) < 4.78 is 0. The lowest BCUT2D eigenvalue weighted by atomic mass is 9.99. The zero-order valence-electron chi connectivity index (χ0n) is 13.0. The number of likely N-dealkylation sites (N-methyl/N-ethyl adjacent to an activating group) is 1. The Hall–Kier alpha value is -1.06. The molecule has 0 aliphatic rings. The van der Waals surface area contributed by atoms with Crippen molar-refractivity contribution in [3.8, 4) is 0 Å². The molecule has 3 atom stereocenters. The summed E-state index contributed by atoms with van der Waals surface area (Å²) in [5.41, 5.74) is 0. The quantitative estimate of drug-likeness (QED) is 0.756. The smallest absolute Gasteiger partial charge is 0.220 e. The monoisotopic (exact) mass is 256 g/mol. The third-order valence-corrected chi connectivity index (χ3v) is 4.01. The second-order valence-electron chi connectivity index (χ2n) is 5.52. The van der Waals surface area contributed by atoms with Crippen molar-refractivity contribution in [2.24, 2.45) is 5.92 Å². The van der Waals surface area contributed by atoms with Crippen molar-refractivity contribution >= 4 is 11.8 Å². The van der Waals surface area contributed by atoms with E-state index in [9.17, 15) is 9.59 Å². The van der Waals surface area contributed by atoms with E-state index in [0.29, 0.717) is 5.92 Å². The lowest BCUT2D eigenvalue weighted by Crippen LogP contribution is -2.54. The largest absolute Gasteiger partial charge is 0.341 e. The molecule has 0 saturated carbocycles. The van der Waals surface area contributed by atoms with Gasteiger partial charge in [0.2, 0.25) is 11.8 Å². The van der Waals surface area contributed by atoms with E-state index in [4.69, 9.17) is 0 Å². The van der Waals surface area contributed by atoms with Gasteiger partial charge in [0.15, 0.2) is 0 Å². The molecule has 0 N–H and O–H groups in total. The van der Waals surface area contributed by atoms with Crippen molar-refractivity contribution in [2.75, 3.05) is 7.05 Å². The molecule has 3 unspecified atom stereocenters. The Balaban J connectivity index is 5.03. The lowest BCUT2D eigenvalue weighted by Gasteiger charge is -2.41. The summed E-state index contributed by atoms with van der Waals surface area (Å²) in [6, 6.07) is 0.182. The summed E-state index contributed by atoms with van der Waals surface area (Å²) in [6.07, 6.45) is 0. The van der Waals surface area contributed by atoms with E-state index in [0.717, 1.165) is 0 Å². The topological polar surface area (TPSA) is 40.6 Å². The van der Waals surface area contributed by atoms with E-state index < -0.39 is 0 Å². The molecule has 0 aromatic heterocycles. The minimum atomic E-state index is 0.00704. The molecule has 4 heteroatoms. The van der Waals surface area contributed by atoms with Crippen molar-refractivity contribution in [1.82, 2.24) is 9.80 Å². The van der Waals surface area contributed by atoms with Gasteiger partial charge in [0, 0.05) is 39.0 Å². The van der Waals surface area contributed by atoms with Gasteiger partial charge >= 0.3 is 0 Å². The molecular formula is C14H28N2O2. The first-order valence-corrected chi connectivity index (χ1v) is 6.63. The summed E-state index contributed by atoms with van der Waals surface area (Å²) in [7, 11) is 1.78. The van der Waals surface area contributed by atoms with E-state index in [1.54, 1.807) is 25.8 Å². The van der Waals surface area contributed by atoms with Crippen molar-refractivity contribution < 1.29 is 9.59 Å². The van der Waals surface area contributed by atoms with Crippen molar-refractivity contribution in [2.45, 2.75) is 66.6 Å². The SMILES string of the molecule is CC(=O)N(C)C(C)C(C)N(C(C)=O)C(C)C(C)C. The maximum atomic E-state index is 11.9. The number of nitrogens with zero attached hydrogens (tertiary/aromatic N) is 2. The minimum Gasteiger partial charge on any atom is -0.341 e. The first kappa shape index (κ1) is 16.9. The molecule has 2 amide bonds. The molecule has 106 valence electrons. The standard InChI is InChI=1S/C14H28N2O2/c1-9(2)10(3)16(14(7)18)12(5)11(4)15(8)13(6)17/h9-12H,1-8H3. The molecule has 0 bridgehead atoms. The van der Waals surface area contributed by atoms with Gasteiger partial charge in [-0.1, -0.05) is 13.8 Å². The summed E-state index contributed by atoms with van der Waals surface area (Å²) in [6.45, 7) is 13.4. The highest BCUT2D eigenvalue weighted by Gasteiger charge is 2.30. The normalized spacial score (nSPS) is 16.1. The van der Waals surface area contributed by atoms with Crippen LogP contribution < -0.4 is 0 Å². The first-order chi connectivity index (χ1) is 8.11. The first-order valence-electron chi connectivity index (χ1n) is 6.63. The fraction of sp³-hybridized carbons (Fsp3) is 0.857. The number of amides is 2. The van der Waals surface area contributed by atoms with Gasteiger partial charge in [-0.2, -0.15) is 0 Å². The second-order valence-corrected chi connectivity index (χ2v) is 5.52. The Morgan fingerprint density at radius 3 is 1.50 bits per heavy atom. The fourth-order valence-electron chi connectivity index (χ4n) is 2.11. The number of carbonyl (C=O) groups is 2. The van der Waals surface area contributed by atoms with Gasteiger partial charge in [-0.05, 0) is 26.7 Å². The van der Waals surface area contributed by atoms with Crippen LogP contribution in [0.2, 0.25) is 0 Å². The molecule has 0 radical (unpaired) electrons. The van der Waals surface area contributed by atoms with Gasteiger partial charge in [0.1, 0.15) is 0 Å². The molecule has 18 heavy (non-hydrogen) atoms. The van der Waals surface area contributed by atoms with Crippen LogP contribution >= 0.6 is 0 Å². The molecule has 0 aromatic rings. The molecule has 0 saturated heterocycles. The Morgan fingerprint density at radius 1 is 0.778 bits per heavy atom. The number of carbonyl (C=O) groups excluding carboxylic acids is 2. The number of hydrogen-bond donors (Lipinski definition) is 0. The molecule has 4 nitrogen and oxygen atoms in total. The molecule has 0 heterocycles. The Labute approximate surface area is 111 Å². The van der Waals surface area contributed by atoms with E-state index >= 15 is 0 Å². The summed E-state index contributed by atoms with van der Waals surface area (Å²) >= 11 is 0. The third kappa shape index (κ3) is 4.00. The van der Waals surface area contributed by atoms with Gasteiger partial charge in [0.25, 0.3) is 0 Å². The summed E-state index contributed by atoms with van der Waals surface area (Å²) in [4.78, 5) is 26.8. The summed E-state index contributed by atoms with van der Waals surface area (Å²) in [5.74, 6) is 0.480. The van der Waals surface area contributed by atoms with E-state index in [-0.39, 0.29) is 29.9 Å². The molecule has 0 aromatic carbocycles. The van der Waals surface area contributed by atoms with Crippen LogP contribution in [0.3, 0.4) is 0 Å². The molecule has 0 aliphatic heterocycles. The Kier molecular flexibility index (Phi) is 6.36. The van der Waals surface area contributed by atoms with Crippen LogP contribution in [0.5, 0.6) is 0 Å². The predicted molar refractivity (Wildman–Crippen MR) is 74.2 cm³/mol. The maximum absolute atomic E-state index is 11.9. The van der Waals surface area contributed by atoms with Gasteiger partial charge in [-0.25, -0.2) is 0 Å². The third-order valence-electron chi connectivity index (χ3n) is 4.01. The van der Waals surface area contributed by atoms with Crippen LogP contribution in [-0.4, -0.2) is 46.8 Å². The van der Waals surface area contributed by atoms with Gasteiger partial charge < -0.3 is 9.80 Å². The molecule has 0 rings (SSSR count). The Bertz CT molecular complexity index is 302. The zero-order chi connectivity index (χ0) is 14.6. The average Bonchev–Trinajstić information content (AvgIpc) is 2.25. The highest BCUT2D eigenvalue weighted by molar-refractivity contribution is 5.75. The van der Waals surface area contributed by atoms with Crippen LogP contribution in [0.1, 0.15) is 48.5 Å². The molecule has 0 fully saturated rings. The van der Waals surface area contributed by atoms with Crippen molar-refractivity contribution in [3.63, 3.8) is 0 Å². The number of hydrogen-bond acceptors (Lipinski definition) is 2. The molecular weight excluding hydrogens is 228 g/mol. The van der Waals surface area contributed by atoms with Crippen LogP contribution in [0.4, 0.5) is 0 Å². The van der Waals surface area contributed by atoms with E-state index in [2.05, 4.69) is 20.8 Å². The van der Waals surface area contributed by atoms with Crippen LogP contribution in [0, 0.1) is 5.92 Å². The van der Waals surface area contributed by atoms with E-state index in [1.165, 1.54) is 0 Å². The highest BCUT2D eigenvalue weighted by Crippen LogP contribution is 2.18. The van der Waals surface area contributed by atoms with Crippen LogP contribution in [0.25, 0.3) is 0 Å². The van der Waals surface area contributed by atoms with E-state index in [1.807, 2.05) is 18.7 Å². The summed E-state index contributed by atoms with van der Waals surface area (Å²) in [5, 5.41) is 0. The lowest BCUT2D eigenvalue weighted by molar-refractivity contribution is -0.139. The fourth-order valence-corrected chi connectivity index (χ4v) is 2.11. The van der Waals surface area contributed by atoms with Crippen molar-refractivity contribution in [3.05, 3.63) is 0 Å². The predicted octanol–water partition coefficient (Wildman–Crippen LogP) is 2.13. The molecule has 0 spiro atoms. The zero-order valence-corrected chi connectivity index (χ0v) is 13.0. The molecule has 0 aliphatic carbocycles. The minimum absolute atomic E-state index is 0.00704. The average molecular weight is 256 g/mol.